The number of rotatable bonds is 4. The second-order valence-electron chi connectivity index (χ2n) is 6.79. The second-order valence-corrected chi connectivity index (χ2v) is 6.79. The number of carboxylic acids is 1. The van der Waals surface area contributed by atoms with Gasteiger partial charge in [0.1, 0.15) is 6.04 Å². The number of carbonyl (C=O) groups is 2. The molecule has 0 radical (unpaired) electrons. The number of hydrogen-bond donors (Lipinski definition) is 2. The fourth-order valence-corrected chi connectivity index (χ4v) is 3.92. The molecule has 0 aromatic carbocycles. The van der Waals surface area contributed by atoms with Gasteiger partial charge in [-0.25, -0.2) is 4.79 Å². The average molecular weight is 283 g/mol. The summed E-state index contributed by atoms with van der Waals surface area (Å²) in [4.78, 5) is 25.6. The van der Waals surface area contributed by atoms with E-state index in [-0.39, 0.29) is 18.9 Å². The number of β-amino-alcohol motifs (C(OH)–C–C–N with tert-alkyl or cyclic N) is 1. The molecule has 0 unspecified atom stereocenters. The van der Waals surface area contributed by atoms with Crippen LogP contribution in [0.25, 0.3) is 0 Å². The lowest BCUT2D eigenvalue weighted by Gasteiger charge is -2.35. The lowest BCUT2D eigenvalue weighted by Crippen LogP contribution is -2.48. The molecular weight excluding hydrogens is 258 g/mol. The maximum atomic E-state index is 12.9. The van der Waals surface area contributed by atoms with Crippen molar-refractivity contribution in [2.75, 3.05) is 6.54 Å². The number of carboxylic acid groups (broad SMARTS) is 1. The fourth-order valence-electron chi connectivity index (χ4n) is 3.92. The standard InChI is InChI=1S/C15H25NO4/c1-10(2)8-15(5-3-4-6-15)14(20)16-9-11(17)7-12(16)13(18)19/h10-12,17H,3-9H2,1-2H3,(H,18,19)/t11-,12+/m1/s1. The van der Waals surface area contributed by atoms with Crippen molar-refractivity contribution >= 4 is 11.9 Å². The predicted octanol–water partition coefficient (Wildman–Crippen LogP) is 1.64. The zero-order valence-corrected chi connectivity index (χ0v) is 12.3. The van der Waals surface area contributed by atoms with Crippen LogP contribution in [0.1, 0.15) is 52.4 Å². The molecule has 1 heterocycles. The smallest absolute Gasteiger partial charge is 0.326 e. The molecule has 1 aliphatic heterocycles. The van der Waals surface area contributed by atoms with Gasteiger partial charge in [-0.05, 0) is 25.2 Å². The summed E-state index contributed by atoms with van der Waals surface area (Å²) in [6, 6.07) is -0.859. The lowest BCUT2D eigenvalue weighted by molar-refractivity contribution is -0.153. The van der Waals surface area contributed by atoms with E-state index in [2.05, 4.69) is 13.8 Å². The van der Waals surface area contributed by atoms with Crippen LogP contribution in [-0.2, 0) is 9.59 Å². The van der Waals surface area contributed by atoms with Gasteiger partial charge in [-0.1, -0.05) is 26.7 Å². The number of aliphatic hydroxyl groups excluding tert-OH is 1. The van der Waals surface area contributed by atoms with Gasteiger partial charge in [0.2, 0.25) is 5.91 Å². The lowest BCUT2D eigenvalue weighted by atomic mass is 9.77. The Labute approximate surface area is 120 Å². The first kappa shape index (κ1) is 15.3. The normalized spacial score (nSPS) is 29.1. The van der Waals surface area contributed by atoms with E-state index < -0.39 is 23.5 Å². The molecule has 2 N–H and O–H groups in total. The Morgan fingerprint density at radius 3 is 2.40 bits per heavy atom. The fraction of sp³-hybridized carbons (Fsp3) is 0.867. The highest BCUT2D eigenvalue weighted by Gasteiger charge is 2.49. The molecule has 0 aromatic rings. The third kappa shape index (κ3) is 2.82. The molecule has 0 spiro atoms. The van der Waals surface area contributed by atoms with Crippen molar-refractivity contribution in [1.82, 2.24) is 4.90 Å². The van der Waals surface area contributed by atoms with E-state index in [0.717, 1.165) is 32.1 Å². The Morgan fingerprint density at radius 2 is 1.90 bits per heavy atom. The third-order valence-electron chi connectivity index (χ3n) is 4.64. The van der Waals surface area contributed by atoms with Gasteiger partial charge in [-0.3, -0.25) is 4.79 Å². The Bertz CT molecular complexity index is 387. The van der Waals surface area contributed by atoms with Gasteiger partial charge in [0.25, 0.3) is 0 Å². The summed E-state index contributed by atoms with van der Waals surface area (Å²) in [6.45, 7) is 4.36. The van der Waals surface area contributed by atoms with Crippen LogP contribution in [0.2, 0.25) is 0 Å². The van der Waals surface area contributed by atoms with Crippen molar-refractivity contribution in [2.24, 2.45) is 11.3 Å². The summed E-state index contributed by atoms with van der Waals surface area (Å²) in [6.07, 6.45) is 4.02. The number of hydrogen-bond acceptors (Lipinski definition) is 3. The van der Waals surface area contributed by atoms with Crippen LogP contribution in [0.15, 0.2) is 0 Å². The highest BCUT2D eigenvalue weighted by Crippen LogP contribution is 2.45. The second kappa shape index (κ2) is 5.72. The van der Waals surface area contributed by atoms with E-state index in [9.17, 15) is 19.8 Å². The molecular formula is C15H25NO4. The van der Waals surface area contributed by atoms with E-state index in [1.54, 1.807) is 0 Å². The van der Waals surface area contributed by atoms with E-state index in [4.69, 9.17) is 0 Å². The minimum absolute atomic E-state index is 0.0485. The highest BCUT2D eigenvalue weighted by molar-refractivity contribution is 5.88. The summed E-state index contributed by atoms with van der Waals surface area (Å²) < 4.78 is 0. The Balaban J connectivity index is 2.21. The van der Waals surface area contributed by atoms with Crippen molar-refractivity contribution in [2.45, 2.75) is 64.5 Å². The molecule has 5 nitrogen and oxygen atoms in total. The van der Waals surface area contributed by atoms with Gasteiger partial charge >= 0.3 is 5.97 Å². The minimum Gasteiger partial charge on any atom is -0.480 e. The molecule has 1 saturated heterocycles. The molecule has 0 bridgehead atoms. The van der Waals surface area contributed by atoms with Gasteiger partial charge in [-0.2, -0.15) is 0 Å². The Morgan fingerprint density at radius 1 is 1.30 bits per heavy atom. The quantitative estimate of drug-likeness (QED) is 0.822. The van der Waals surface area contributed by atoms with Crippen LogP contribution in [0.4, 0.5) is 0 Å². The number of likely N-dealkylation sites (tertiary alicyclic amines) is 1. The Hall–Kier alpha value is -1.10. The van der Waals surface area contributed by atoms with Crippen LogP contribution >= 0.6 is 0 Å². The minimum atomic E-state index is -1.01. The zero-order chi connectivity index (χ0) is 14.9. The van der Waals surface area contributed by atoms with Gasteiger partial charge in [-0.15, -0.1) is 0 Å². The van der Waals surface area contributed by atoms with E-state index in [0.29, 0.717) is 5.92 Å². The van der Waals surface area contributed by atoms with Crippen LogP contribution in [0.5, 0.6) is 0 Å². The molecule has 2 aliphatic rings. The first-order chi connectivity index (χ1) is 9.35. The third-order valence-corrected chi connectivity index (χ3v) is 4.64. The molecule has 2 rings (SSSR count). The molecule has 1 amide bonds. The number of aliphatic hydroxyl groups is 1. The van der Waals surface area contributed by atoms with Crippen LogP contribution in [0.3, 0.4) is 0 Å². The number of carbonyl (C=O) groups excluding carboxylic acids is 1. The van der Waals surface area contributed by atoms with Gasteiger partial charge < -0.3 is 15.1 Å². The van der Waals surface area contributed by atoms with Gasteiger partial charge in [0.05, 0.1) is 6.10 Å². The summed E-state index contributed by atoms with van der Waals surface area (Å²) in [5.41, 5.74) is -0.397. The van der Waals surface area contributed by atoms with E-state index in [1.165, 1.54) is 4.90 Å². The topological polar surface area (TPSA) is 77.8 Å². The molecule has 2 fully saturated rings. The summed E-state index contributed by atoms with van der Waals surface area (Å²) in [5.74, 6) is -0.645. The molecule has 114 valence electrons. The first-order valence-electron chi connectivity index (χ1n) is 7.58. The average Bonchev–Trinajstić information content (AvgIpc) is 2.95. The van der Waals surface area contributed by atoms with Crippen molar-refractivity contribution in [1.29, 1.82) is 0 Å². The number of amides is 1. The first-order valence-corrected chi connectivity index (χ1v) is 7.58. The van der Waals surface area contributed by atoms with Gasteiger partial charge in [0, 0.05) is 18.4 Å². The molecule has 2 atom stereocenters. The largest absolute Gasteiger partial charge is 0.480 e. The van der Waals surface area contributed by atoms with Crippen LogP contribution in [0, 0.1) is 11.3 Å². The maximum absolute atomic E-state index is 12.9. The number of aliphatic carboxylic acids is 1. The molecule has 5 heteroatoms. The highest BCUT2D eigenvalue weighted by atomic mass is 16.4. The Kier molecular flexibility index (Phi) is 4.37. The summed E-state index contributed by atoms with van der Waals surface area (Å²) >= 11 is 0. The number of nitrogens with zero attached hydrogens (tertiary/aromatic N) is 1. The SMILES string of the molecule is CC(C)CC1(C(=O)N2C[C@H](O)C[C@H]2C(=O)O)CCCC1. The molecule has 1 saturated carbocycles. The van der Waals surface area contributed by atoms with E-state index >= 15 is 0 Å². The van der Waals surface area contributed by atoms with Crippen LogP contribution in [-0.4, -0.2) is 45.7 Å². The monoisotopic (exact) mass is 283 g/mol. The van der Waals surface area contributed by atoms with Crippen molar-refractivity contribution < 1.29 is 19.8 Å². The van der Waals surface area contributed by atoms with Crippen molar-refractivity contribution in [3.05, 3.63) is 0 Å². The summed E-state index contributed by atoms with van der Waals surface area (Å²) in [7, 11) is 0. The van der Waals surface area contributed by atoms with Crippen molar-refractivity contribution in [3.8, 4) is 0 Å². The predicted molar refractivity (Wildman–Crippen MR) is 74.1 cm³/mol. The molecule has 20 heavy (non-hydrogen) atoms. The zero-order valence-electron chi connectivity index (χ0n) is 12.3. The maximum Gasteiger partial charge on any atom is 0.326 e. The summed E-state index contributed by atoms with van der Waals surface area (Å²) in [5, 5.41) is 19.0. The molecule has 1 aliphatic carbocycles. The molecule has 0 aromatic heterocycles. The van der Waals surface area contributed by atoms with Crippen molar-refractivity contribution in [3.63, 3.8) is 0 Å². The van der Waals surface area contributed by atoms with E-state index in [1.807, 2.05) is 0 Å². The van der Waals surface area contributed by atoms with Gasteiger partial charge in [0.15, 0.2) is 0 Å². The van der Waals surface area contributed by atoms with Crippen LogP contribution < -0.4 is 0 Å².